The largest absolute Gasteiger partial charge is 0.494 e. The number of hydrogen-bond acceptors (Lipinski definition) is 8. The first-order valence-corrected chi connectivity index (χ1v) is 14.9. The summed E-state index contributed by atoms with van der Waals surface area (Å²) >= 11 is 1.37. The van der Waals surface area contributed by atoms with Crippen LogP contribution in [0.4, 0.5) is 4.79 Å². The molecule has 0 N–H and O–H groups in total. The van der Waals surface area contributed by atoms with Crippen molar-refractivity contribution in [3.8, 4) is 5.75 Å². The maximum absolute atomic E-state index is 13.1. The summed E-state index contributed by atoms with van der Waals surface area (Å²) in [7, 11) is -2.17. The lowest BCUT2D eigenvalue weighted by atomic mass is 10.2. The van der Waals surface area contributed by atoms with Crippen molar-refractivity contribution in [2.45, 2.75) is 25.3 Å². The minimum absolute atomic E-state index is 0.0732. The number of benzene rings is 2. The van der Waals surface area contributed by atoms with Crippen molar-refractivity contribution in [1.82, 2.24) is 13.8 Å². The molecule has 0 saturated carbocycles. The average molecular weight is 577 g/mol. The third-order valence-corrected chi connectivity index (χ3v) is 9.14. The van der Waals surface area contributed by atoms with Gasteiger partial charge in [-0.05, 0) is 56.3 Å². The van der Waals surface area contributed by atoms with Crippen LogP contribution in [0.5, 0.6) is 5.75 Å². The number of fused-ring (bicyclic) bond motifs is 1. The molecule has 13 heteroatoms. The molecule has 0 spiro atoms. The van der Waals surface area contributed by atoms with Gasteiger partial charge in [0.2, 0.25) is 10.0 Å². The highest BCUT2D eigenvalue weighted by molar-refractivity contribution is 7.89. The van der Waals surface area contributed by atoms with E-state index >= 15 is 0 Å². The van der Waals surface area contributed by atoms with Crippen LogP contribution < -0.4 is 9.54 Å². The molecule has 0 unspecified atom stereocenters. The van der Waals surface area contributed by atoms with Gasteiger partial charge in [0.25, 0.3) is 5.91 Å². The zero-order chi connectivity index (χ0) is 28.0. The van der Waals surface area contributed by atoms with Crippen LogP contribution in [0.15, 0.2) is 52.4 Å². The normalized spacial score (nSPS) is 15.1. The maximum atomic E-state index is 13.1. The first-order valence-electron chi connectivity index (χ1n) is 12.6. The van der Waals surface area contributed by atoms with Gasteiger partial charge in [-0.2, -0.15) is 9.30 Å². The second kappa shape index (κ2) is 12.7. The molecule has 0 bridgehead atoms. The number of aromatic nitrogens is 1. The lowest BCUT2D eigenvalue weighted by Gasteiger charge is -2.33. The Labute approximate surface area is 231 Å². The van der Waals surface area contributed by atoms with E-state index in [0.717, 1.165) is 16.0 Å². The Kier molecular flexibility index (Phi) is 9.38. The van der Waals surface area contributed by atoms with Crippen LogP contribution in [0.1, 0.15) is 24.2 Å². The minimum atomic E-state index is -3.78. The van der Waals surface area contributed by atoms with Crippen molar-refractivity contribution >= 4 is 43.6 Å². The molecule has 4 rings (SSSR count). The average Bonchev–Trinajstić information content (AvgIpc) is 3.28. The van der Waals surface area contributed by atoms with Gasteiger partial charge in [-0.1, -0.05) is 11.3 Å². The molecule has 0 radical (unpaired) electrons. The predicted octanol–water partition coefficient (Wildman–Crippen LogP) is 2.95. The second-order valence-corrected chi connectivity index (χ2v) is 11.6. The van der Waals surface area contributed by atoms with E-state index in [2.05, 4.69) is 4.99 Å². The fourth-order valence-electron chi connectivity index (χ4n) is 4.19. The van der Waals surface area contributed by atoms with Crippen molar-refractivity contribution in [2.75, 3.05) is 53.1 Å². The van der Waals surface area contributed by atoms with Crippen LogP contribution in [0.25, 0.3) is 10.2 Å². The van der Waals surface area contributed by atoms with Gasteiger partial charge >= 0.3 is 6.09 Å². The van der Waals surface area contributed by atoms with Crippen molar-refractivity contribution in [2.24, 2.45) is 4.99 Å². The fraction of sp³-hybridized carbons (Fsp3) is 0.423. The summed E-state index contributed by atoms with van der Waals surface area (Å²) in [6.45, 7) is 6.23. The molecule has 1 aromatic heterocycles. The zero-order valence-corrected chi connectivity index (χ0v) is 23.8. The van der Waals surface area contributed by atoms with Gasteiger partial charge in [-0.25, -0.2) is 13.2 Å². The number of amides is 2. The summed E-state index contributed by atoms with van der Waals surface area (Å²) in [6, 6.07) is 11.5. The van der Waals surface area contributed by atoms with E-state index < -0.39 is 22.0 Å². The van der Waals surface area contributed by atoms with Gasteiger partial charge in [0, 0.05) is 45.4 Å². The number of piperazine rings is 1. The SMILES string of the molecule is CCOC(=O)N1CCN(S(=O)(=O)c2ccc(C(=O)N=c3sc4cc(OCC)ccc4n3CCOC)cc2)CC1. The number of carbonyl (C=O) groups excluding carboxylic acids is 2. The third-order valence-electron chi connectivity index (χ3n) is 6.19. The number of nitrogens with zero attached hydrogens (tertiary/aromatic N) is 4. The van der Waals surface area contributed by atoms with E-state index in [4.69, 9.17) is 14.2 Å². The van der Waals surface area contributed by atoms with Gasteiger partial charge in [-0.15, -0.1) is 0 Å². The van der Waals surface area contributed by atoms with Crippen molar-refractivity contribution in [3.05, 3.63) is 52.8 Å². The topological polar surface area (TPSA) is 120 Å². The molecule has 3 aromatic rings. The third kappa shape index (κ3) is 6.49. The monoisotopic (exact) mass is 576 g/mol. The molecule has 2 heterocycles. The lowest BCUT2D eigenvalue weighted by molar-refractivity contribution is 0.0933. The van der Waals surface area contributed by atoms with Crippen molar-refractivity contribution < 1.29 is 32.2 Å². The van der Waals surface area contributed by atoms with Crippen molar-refractivity contribution in [3.63, 3.8) is 0 Å². The standard InChI is InChI=1S/C26H32N4O7S2/c1-4-36-20-8-11-22-23(18-20)38-25(30(22)16-17-35-3)27-24(31)19-6-9-21(10-7-19)39(33,34)29-14-12-28(13-15-29)26(32)37-5-2/h6-11,18H,4-5,12-17H2,1-3H3. The number of sulfonamides is 1. The van der Waals surface area contributed by atoms with Crippen molar-refractivity contribution in [1.29, 1.82) is 0 Å². The maximum Gasteiger partial charge on any atom is 0.409 e. The van der Waals surface area contributed by atoms with Gasteiger partial charge in [0.05, 0.1) is 34.9 Å². The summed E-state index contributed by atoms with van der Waals surface area (Å²) in [5.74, 6) is 0.256. The summed E-state index contributed by atoms with van der Waals surface area (Å²) in [5, 5.41) is 0. The molecule has 1 aliphatic heterocycles. The Bertz CT molecular complexity index is 1490. The molecule has 0 atom stereocenters. The molecule has 1 fully saturated rings. The first kappa shape index (κ1) is 28.7. The van der Waals surface area contributed by atoms with Crippen LogP contribution in [-0.2, 0) is 26.0 Å². The summed E-state index contributed by atoms with van der Waals surface area (Å²) in [6.07, 6.45) is -0.446. The molecule has 2 amide bonds. The molecule has 11 nitrogen and oxygen atoms in total. The Morgan fingerprint density at radius 2 is 1.72 bits per heavy atom. The van der Waals surface area contributed by atoms with Crippen LogP contribution in [0.2, 0.25) is 0 Å². The number of ether oxygens (including phenoxy) is 3. The molecule has 210 valence electrons. The molecular weight excluding hydrogens is 544 g/mol. The zero-order valence-electron chi connectivity index (χ0n) is 22.2. The lowest BCUT2D eigenvalue weighted by Crippen LogP contribution is -2.50. The number of carbonyl (C=O) groups is 2. The van der Waals surface area contributed by atoms with Gasteiger partial charge in [0.15, 0.2) is 4.80 Å². The Morgan fingerprint density at radius 3 is 2.36 bits per heavy atom. The summed E-state index contributed by atoms with van der Waals surface area (Å²) in [5.41, 5.74) is 1.18. The van der Waals surface area contributed by atoms with E-state index in [-0.39, 0.29) is 43.2 Å². The highest BCUT2D eigenvalue weighted by Crippen LogP contribution is 2.24. The Morgan fingerprint density at radius 1 is 1.00 bits per heavy atom. The number of hydrogen-bond donors (Lipinski definition) is 0. The molecule has 39 heavy (non-hydrogen) atoms. The number of methoxy groups -OCH3 is 1. The summed E-state index contributed by atoms with van der Waals surface area (Å²) < 4.78 is 46.3. The first-order chi connectivity index (χ1) is 18.8. The van der Waals surface area contributed by atoms with E-state index in [9.17, 15) is 18.0 Å². The number of thiazole rings is 1. The summed E-state index contributed by atoms with van der Waals surface area (Å²) in [4.78, 5) is 31.4. The van der Waals surface area contributed by atoms with E-state index in [1.165, 1.54) is 44.8 Å². The van der Waals surface area contributed by atoms with Crippen LogP contribution in [0, 0.1) is 0 Å². The number of rotatable bonds is 9. The van der Waals surface area contributed by atoms with E-state index in [0.29, 0.717) is 24.6 Å². The van der Waals surface area contributed by atoms with E-state index in [1.807, 2.05) is 29.7 Å². The highest BCUT2D eigenvalue weighted by Gasteiger charge is 2.30. The van der Waals surface area contributed by atoms with E-state index in [1.54, 1.807) is 14.0 Å². The molecule has 1 aliphatic rings. The minimum Gasteiger partial charge on any atom is -0.494 e. The van der Waals surface area contributed by atoms with Gasteiger partial charge in [0.1, 0.15) is 5.75 Å². The Balaban J connectivity index is 1.54. The quantitative estimate of drug-likeness (QED) is 0.384. The molecule has 0 aliphatic carbocycles. The van der Waals surface area contributed by atoms with Crippen LogP contribution in [-0.4, -0.2) is 87.3 Å². The molecular formula is C26H32N4O7S2. The predicted molar refractivity (Wildman–Crippen MR) is 147 cm³/mol. The van der Waals surface area contributed by atoms with Crippen LogP contribution in [0.3, 0.4) is 0 Å². The fourth-order valence-corrected chi connectivity index (χ4v) is 6.69. The van der Waals surface area contributed by atoms with Crippen LogP contribution >= 0.6 is 11.3 Å². The Hall–Kier alpha value is -3.26. The van der Waals surface area contributed by atoms with Gasteiger partial charge in [-0.3, -0.25) is 4.79 Å². The molecule has 1 saturated heterocycles. The highest BCUT2D eigenvalue weighted by atomic mass is 32.2. The molecule has 2 aromatic carbocycles. The second-order valence-electron chi connectivity index (χ2n) is 8.62. The van der Waals surface area contributed by atoms with Gasteiger partial charge < -0.3 is 23.7 Å². The smallest absolute Gasteiger partial charge is 0.409 e.